The zero-order chi connectivity index (χ0) is 11.1. The minimum atomic E-state index is 0.0346. The molecule has 84 valence electrons. The van der Waals surface area contributed by atoms with Gasteiger partial charge in [0.2, 0.25) is 0 Å². The molecule has 0 aromatic heterocycles. The second-order valence-electron chi connectivity index (χ2n) is 4.05. The van der Waals surface area contributed by atoms with Gasteiger partial charge in [0.1, 0.15) is 0 Å². The second-order valence-corrected chi connectivity index (χ2v) is 5.66. The molecule has 0 amide bonds. The molecule has 0 fully saturated rings. The molecule has 0 aromatic rings. The third-order valence-corrected chi connectivity index (χ3v) is 3.15. The van der Waals surface area contributed by atoms with Crippen molar-refractivity contribution < 1.29 is 4.79 Å². The Kier molecular flexibility index (Phi) is 7.28. The average molecular weight is 217 g/mol. The van der Waals surface area contributed by atoms with Crippen molar-refractivity contribution in [3.05, 3.63) is 0 Å². The Morgan fingerprint density at radius 3 is 2.21 bits per heavy atom. The van der Waals surface area contributed by atoms with Gasteiger partial charge in [0.15, 0.2) is 5.78 Å². The lowest BCUT2D eigenvalue weighted by atomic mass is 10.0. The van der Waals surface area contributed by atoms with E-state index in [9.17, 15) is 4.79 Å². The van der Waals surface area contributed by atoms with Crippen molar-refractivity contribution in [2.45, 2.75) is 45.9 Å². The number of Topliss-reactive ketones (excluding diaryl/α,β-unsaturated/α-hetero) is 1. The van der Waals surface area contributed by atoms with Gasteiger partial charge in [-0.15, -0.1) is 0 Å². The van der Waals surface area contributed by atoms with Crippen LogP contribution in [0, 0.1) is 5.92 Å². The molecule has 1 unspecified atom stereocenters. The first kappa shape index (κ1) is 14.0. The van der Waals surface area contributed by atoms with Crippen molar-refractivity contribution in [3.63, 3.8) is 0 Å². The van der Waals surface area contributed by atoms with Gasteiger partial charge in [-0.25, -0.2) is 0 Å². The van der Waals surface area contributed by atoms with Crippen molar-refractivity contribution in [1.29, 1.82) is 0 Å². The smallest absolute Gasteiger partial charge is 0.153 e. The van der Waals surface area contributed by atoms with E-state index in [1.165, 1.54) is 0 Å². The molecule has 1 N–H and O–H groups in total. The summed E-state index contributed by atoms with van der Waals surface area (Å²) in [6, 6.07) is 0.0346. The minimum absolute atomic E-state index is 0.0346. The van der Waals surface area contributed by atoms with Crippen molar-refractivity contribution >= 4 is 17.5 Å². The third kappa shape index (κ3) is 5.66. The van der Waals surface area contributed by atoms with Crippen LogP contribution in [-0.4, -0.2) is 29.4 Å². The fourth-order valence-corrected chi connectivity index (χ4v) is 2.04. The van der Waals surface area contributed by atoms with Gasteiger partial charge in [-0.1, -0.05) is 34.6 Å². The summed E-state index contributed by atoms with van der Waals surface area (Å²) >= 11 is 1.84. The Bertz CT molecular complexity index is 169. The molecule has 0 spiro atoms. The summed E-state index contributed by atoms with van der Waals surface area (Å²) in [5.41, 5.74) is 0. The van der Waals surface area contributed by atoms with Crippen LogP contribution in [0.2, 0.25) is 0 Å². The third-order valence-electron chi connectivity index (χ3n) is 1.96. The summed E-state index contributed by atoms with van der Waals surface area (Å²) in [5, 5.41) is 3.84. The molecule has 0 heterocycles. The Morgan fingerprint density at radius 2 is 1.86 bits per heavy atom. The van der Waals surface area contributed by atoms with E-state index in [1.54, 1.807) is 0 Å². The lowest BCUT2D eigenvalue weighted by Gasteiger charge is -2.19. The molecular formula is C11H23NOS. The fourth-order valence-electron chi connectivity index (χ4n) is 1.18. The van der Waals surface area contributed by atoms with Gasteiger partial charge < -0.3 is 5.32 Å². The quantitative estimate of drug-likeness (QED) is 0.709. The molecule has 1 atom stereocenters. The first-order chi connectivity index (χ1) is 6.49. The molecule has 14 heavy (non-hydrogen) atoms. The summed E-state index contributed by atoms with van der Waals surface area (Å²) < 4.78 is 0. The summed E-state index contributed by atoms with van der Waals surface area (Å²) in [6.45, 7) is 11.2. The van der Waals surface area contributed by atoms with E-state index in [2.05, 4.69) is 19.2 Å². The van der Waals surface area contributed by atoms with Crippen LogP contribution in [0.15, 0.2) is 0 Å². The van der Waals surface area contributed by atoms with Gasteiger partial charge in [-0.2, -0.15) is 11.8 Å². The SMILES string of the molecule is CCNC(CSC(C)C)C(=O)C(C)C. The molecule has 0 rings (SSSR count). The molecule has 0 bridgehead atoms. The number of rotatable bonds is 7. The highest BCUT2D eigenvalue weighted by molar-refractivity contribution is 7.99. The van der Waals surface area contributed by atoms with E-state index in [-0.39, 0.29) is 12.0 Å². The van der Waals surface area contributed by atoms with Crippen LogP contribution in [0.1, 0.15) is 34.6 Å². The van der Waals surface area contributed by atoms with Gasteiger partial charge >= 0.3 is 0 Å². The van der Waals surface area contributed by atoms with Crippen LogP contribution in [0.3, 0.4) is 0 Å². The van der Waals surface area contributed by atoms with Crippen molar-refractivity contribution in [3.8, 4) is 0 Å². The first-order valence-corrected chi connectivity index (χ1v) is 6.42. The van der Waals surface area contributed by atoms with Crippen molar-refractivity contribution in [1.82, 2.24) is 5.32 Å². The van der Waals surface area contributed by atoms with E-state index < -0.39 is 0 Å². The predicted molar refractivity (Wildman–Crippen MR) is 64.9 cm³/mol. The van der Waals surface area contributed by atoms with Crippen molar-refractivity contribution in [2.24, 2.45) is 5.92 Å². The molecule has 0 saturated heterocycles. The number of thioether (sulfide) groups is 1. The Morgan fingerprint density at radius 1 is 1.29 bits per heavy atom. The normalized spacial score (nSPS) is 13.6. The summed E-state index contributed by atoms with van der Waals surface area (Å²) in [4.78, 5) is 11.8. The lowest BCUT2D eigenvalue weighted by molar-refractivity contribution is -0.123. The van der Waals surface area contributed by atoms with E-state index in [4.69, 9.17) is 0 Å². The largest absolute Gasteiger partial charge is 0.307 e. The van der Waals surface area contributed by atoms with Crippen LogP contribution in [-0.2, 0) is 4.79 Å². The summed E-state index contributed by atoms with van der Waals surface area (Å²) in [5.74, 6) is 1.36. The summed E-state index contributed by atoms with van der Waals surface area (Å²) in [7, 11) is 0. The Hall–Kier alpha value is -0.0200. The number of likely N-dealkylation sites (N-methyl/N-ethyl adjacent to an activating group) is 1. The van der Waals surface area contributed by atoms with Gasteiger partial charge in [0.25, 0.3) is 0 Å². The monoisotopic (exact) mass is 217 g/mol. The van der Waals surface area contributed by atoms with E-state index >= 15 is 0 Å². The van der Waals surface area contributed by atoms with Gasteiger partial charge in [0.05, 0.1) is 6.04 Å². The predicted octanol–water partition coefficient (Wildman–Crippen LogP) is 2.33. The topological polar surface area (TPSA) is 29.1 Å². The molecule has 0 aliphatic carbocycles. The lowest BCUT2D eigenvalue weighted by Crippen LogP contribution is -2.41. The highest BCUT2D eigenvalue weighted by Crippen LogP contribution is 2.13. The molecule has 2 nitrogen and oxygen atoms in total. The van der Waals surface area contributed by atoms with Gasteiger partial charge in [-0.05, 0) is 11.8 Å². The minimum Gasteiger partial charge on any atom is -0.307 e. The number of carbonyl (C=O) groups is 1. The van der Waals surface area contributed by atoms with Gasteiger partial charge in [0, 0.05) is 11.7 Å². The highest BCUT2D eigenvalue weighted by Gasteiger charge is 2.20. The summed E-state index contributed by atoms with van der Waals surface area (Å²) in [6.07, 6.45) is 0. The zero-order valence-corrected chi connectivity index (χ0v) is 10.8. The molecule has 0 radical (unpaired) electrons. The standard InChI is InChI=1S/C11H23NOS/c1-6-12-10(7-14-9(4)5)11(13)8(2)3/h8-10,12H,6-7H2,1-5H3. The Labute approximate surface area is 92.2 Å². The van der Waals surface area contributed by atoms with E-state index in [0.717, 1.165) is 12.3 Å². The van der Waals surface area contributed by atoms with Crippen molar-refractivity contribution in [2.75, 3.05) is 12.3 Å². The van der Waals surface area contributed by atoms with Crippen LogP contribution >= 0.6 is 11.8 Å². The van der Waals surface area contributed by atoms with Crippen LogP contribution in [0.25, 0.3) is 0 Å². The maximum absolute atomic E-state index is 11.8. The number of carbonyl (C=O) groups excluding carboxylic acids is 1. The molecule has 0 aliphatic rings. The molecule has 3 heteroatoms. The van der Waals surface area contributed by atoms with Gasteiger partial charge in [-0.3, -0.25) is 4.79 Å². The first-order valence-electron chi connectivity index (χ1n) is 5.37. The zero-order valence-electron chi connectivity index (χ0n) is 9.96. The van der Waals surface area contributed by atoms with Crippen LogP contribution in [0.4, 0.5) is 0 Å². The van der Waals surface area contributed by atoms with Crippen LogP contribution < -0.4 is 5.32 Å². The average Bonchev–Trinajstić information content (AvgIpc) is 2.10. The second kappa shape index (κ2) is 7.30. The number of ketones is 1. The molecule has 0 aromatic carbocycles. The Balaban J connectivity index is 4.07. The van der Waals surface area contributed by atoms with E-state index in [1.807, 2.05) is 32.5 Å². The number of hydrogen-bond acceptors (Lipinski definition) is 3. The molecule has 0 aliphatic heterocycles. The highest BCUT2D eigenvalue weighted by atomic mass is 32.2. The maximum Gasteiger partial charge on any atom is 0.153 e. The van der Waals surface area contributed by atoms with E-state index in [0.29, 0.717) is 11.0 Å². The molecular weight excluding hydrogens is 194 g/mol. The van der Waals surface area contributed by atoms with Crippen LogP contribution in [0.5, 0.6) is 0 Å². The fraction of sp³-hybridized carbons (Fsp3) is 0.909. The number of hydrogen-bond donors (Lipinski definition) is 1. The maximum atomic E-state index is 11.8. The number of nitrogens with one attached hydrogen (secondary N) is 1. The molecule has 0 saturated carbocycles.